The summed E-state index contributed by atoms with van der Waals surface area (Å²) in [5.74, 6) is 5.35. The zero-order valence-corrected chi connectivity index (χ0v) is 33.2. The molecule has 56 heavy (non-hydrogen) atoms. The molecule has 0 saturated heterocycles. The minimum atomic E-state index is 0.0119. The van der Waals surface area contributed by atoms with Crippen molar-refractivity contribution >= 4 is 17.1 Å². The van der Waals surface area contributed by atoms with Crippen LogP contribution in [0, 0.1) is 29.1 Å². The van der Waals surface area contributed by atoms with Crippen LogP contribution in [0.3, 0.4) is 0 Å². The molecule has 4 saturated carbocycles. The first-order chi connectivity index (χ1) is 27.2. The Morgan fingerprint density at radius 3 is 1.98 bits per heavy atom. The molecule has 2 spiro atoms. The fraction of sp³-hybridized carbons (Fsp3) is 0.333. The van der Waals surface area contributed by atoms with Gasteiger partial charge in [-0.3, -0.25) is 0 Å². The Morgan fingerprint density at radius 2 is 1.21 bits per heavy atom. The second kappa shape index (κ2) is 11.3. The SMILES string of the molecule is CC1(C)CCC(C)(C)c2c(N(c3ccc(-c4ccccc4)cc3)c3ccc4c(c3)Oc3c(-c5ccccc5)cccc3C43C4CC5CC6CC3C64C5)cccc21. The van der Waals surface area contributed by atoms with Crippen molar-refractivity contribution in [1.82, 2.24) is 0 Å². The van der Waals surface area contributed by atoms with Gasteiger partial charge in [-0.25, -0.2) is 0 Å². The van der Waals surface area contributed by atoms with E-state index in [4.69, 9.17) is 4.74 Å². The predicted octanol–water partition coefficient (Wildman–Crippen LogP) is 14.3. The fourth-order valence-electron chi connectivity index (χ4n) is 13.9. The zero-order chi connectivity index (χ0) is 37.6. The lowest BCUT2D eigenvalue weighted by Crippen LogP contribution is -2.74. The number of hydrogen-bond donors (Lipinski definition) is 0. The Kier molecular flexibility index (Phi) is 6.67. The van der Waals surface area contributed by atoms with Gasteiger partial charge in [0.2, 0.25) is 0 Å². The maximum absolute atomic E-state index is 7.39. The molecule has 6 unspecified atom stereocenters. The summed E-state index contributed by atoms with van der Waals surface area (Å²) in [5, 5.41) is 0. The van der Waals surface area contributed by atoms with Crippen molar-refractivity contribution < 1.29 is 4.74 Å². The van der Waals surface area contributed by atoms with E-state index in [0.29, 0.717) is 17.3 Å². The number of anilines is 3. The molecule has 1 heterocycles. The molecule has 278 valence electrons. The van der Waals surface area contributed by atoms with Gasteiger partial charge >= 0.3 is 0 Å². The summed E-state index contributed by atoms with van der Waals surface area (Å²) in [6.45, 7) is 9.78. The zero-order valence-electron chi connectivity index (χ0n) is 33.2. The van der Waals surface area contributed by atoms with Crippen LogP contribution in [-0.4, -0.2) is 0 Å². The summed E-state index contributed by atoms with van der Waals surface area (Å²) in [6.07, 6.45) is 8.00. The van der Waals surface area contributed by atoms with Crippen LogP contribution in [-0.2, 0) is 16.2 Å². The first kappa shape index (κ1) is 33.1. The molecule has 6 aromatic carbocycles. The lowest BCUT2D eigenvalue weighted by Gasteiger charge is -2.77. The van der Waals surface area contributed by atoms with Crippen LogP contribution in [0.1, 0.15) is 88.5 Å². The third kappa shape index (κ3) is 4.18. The van der Waals surface area contributed by atoms with Gasteiger partial charge in [-0.15, -0.1) is 0 Å². The van der Waals surface area contributed by atoms with Crippen molar-refractivity contribution in [3.8, 4) is 33.8 Å². The largest absolute Gasteiger partial charge is 0.456 e. The van der Waals surface area contributed by atoms with Gasteiger partial charge < -0.3 is 9.64 Å². The van der Waals surface area contributed by atoms with Gasteiger partial charge in [0.25, 0.3) is 0 Å². The molecule has 2 bridgehead atoms. The van der Waals surface area contributed by atoms with E-state index in [2.05, 4.69) is 172 Å². The number of rotatable bonds is 5. The van der Waals surface area contributed by atoms with Crippen LogP contribution in [0.15, 0.2) is 140 Å². The van der Waals surface area contributed by atoms with E-state index in [1.807, 2.05) is 0 Å². The molecule has 12 rings (SSSR count). The average Bonchev–Trinajstić information content (AvgIpc) is 3.76. The van der Waals surface area contributed by atoms with Crippen LogP contribution < -0.4 is 9.64 Å². The molecule has 6 atom stereocenters. The van der Waals surface area contributed by atoms with Crippen molar-refractivity contribution in [2.75, 3.05) is 4.90 Å². The van der Waals surface area contributed by atoms with Gasteiger partial charge in [0.05, 0.1) is 5.69 Å². The fourth-order valence-corrected chi connectivity index (χ4v) is 13.9. The van der Waals surface area contributed by atoms with Gasteiger partial charge in [0.15, 0.2) is 0 Å². The molecule has 4 fully saturated rings. The number of fused-ring (bicyclic) bond motifs is 8. The van der Waals surface area contributed by atoms with Crippen LogP contribution in [0.2, 0.25) is 0 Å². The van der Waals surface area contributed by atoms with E-state index >= 15 is 0 Å². The summed E-state index contributed by atoms with van der Waals surface area (Å²) < 4.78 is 7.39. The quantitative estimate of drug-likeness (QED) is 0.175. The lowest BCUT2D eigenvalue weighted by molar-refractivity contribution is -0.235. The minimum Gasteiger partial charge on any atom is -0.456 e. The number of hydrogen-bond acceptors (Lipinski definition) is 2. The van der Waals surface area contributed by atoms with E-state index in [9.17, 15) is 0 Å². The average molecular weight is 730 g/mol. The maximum Gasteiger partial charge on any atom is 0.139 e. The second-order valence-corrected chi connectivity index (χ2v) is 19.6. The smallest absolute Gasteiger partial charge is 0.139 e. The highest BCUT2D eigenvalue weighted by Crippen LogP contribution is 2.89. The molecule has 0 amide bonds. The van der Waals surface area contributed by atoms with Gasteiger partial charge in [-0.05, 0) is 131 Å². The topological polar surface area (TPSA) is 12.5 Å². The summed E-state index contributed by atoms with van der Waals surface area (Å²) in [4.78, 5) is 2.55. The molecular formula is C54H51NO. The molecule has 6 aromatic rings. The number of ether oxygens (including phenoxy) is 1. The molecule has 0 aromatic heterocycles. The third-order valence-corrected chi connectivity index (χ3v) is 16.2. The van der Waals surface area contributed by atoms with Crippen LogP contribution >= 0.6 is 0 Å². The van der Waals surface area contributed by atoms with Gasteiger partial charge in [0.1, 0.15) is 11.5 Å². The van der Waals surface area contributed by atoms with E-state index in [1.165, 1.54) is 88.0 Å². The van der Waals surface area contributed by atoms with Crippen LogP contribution in [0.25, 0.3) is 22.3 Å². The Labute approximate surface area is 332 Å². The summed E-state index contributed by atoms with van der Waals surface area (Å²) >= 11 is 0. The molecule has 0 N–H and O–H groups in total. The molecular weight excluding hydrogens is 679 g/mol. The Balaban J connectivity index is 1.07. The summed E-state index contributed by atoms with van der Waals surface area (Å²) in [5.41, 5.74) is 15.0. The van der Waals surface area contributed by atoms with Gasteiger partial charge in [0, 0.05) is 39.5 Å². The highest BCUT2D eigenvalue weighted by molar-refractivity contribution is 5.84. The molecule has 2 heteroatoms. The Bertz CT molecular complexity index is 2550. The van der Waals surface area contributed by atoms with Gasteiger partial charge in [-0.2, -0.15) is 0 Å². The van der Waals surface area contributed by atoms with E-state index in [0.717, 1.165) is 35.4 Å². The highest BCUT2D eigenvalue weighted by atomic mass is 16.5. The second-order valence-electron chi connectivity index (χ2n) is 19.6. The maximum atomic E-state index is 7.39. The van der Waals surface area contributed by atoms with Crippen molar-refractivity contribution in [2.24, 2.45) is 29.1 Å². The van der Waals surface area contributed by atoms with Crippen molar-refractivity contribution in [2.45, 2.75) is 82.5 Å². The highest BCUT2D eigenvalue weighted by Gasteiger charge is 2.84. The minimum absolute atomic E-state index is 0.0119. The van der Waals surface area contributed by atoms with Crippen molar-refractivity contribution in [1.29, 1.82) is 0 Å². The molecule has 1 aliphatic heterocycles. The van der Waals surface area contributed by atoms with Crippen molar-refractivity contribution in [3.05, 3.63) is 162 Å². The first-order valence-electron chi connectivity index (χ1n) is 21.3. The van der Waals surface area contributed by atoms with Crippen molar-refractivity contribution in [3.63, 3.8) is 0 Å². The Hall–Kier alpha value is -5.08. The first-order valence-corrected chi connectivity index (χ1v) is 21.3. The molecule has 6 aliphatic rings. The van der Waals surface area contributed by atoms with E-state index < -0.39 is 0 Å². The lowest BCUT2D eigenvalue weighted by atomic mass is 9.26. The number of nitrogens with zero attached hydrogens (tertiary/aromatic N) is 1. The van der Waals surface area contributed by atoms with Crippen LogP contribution in [0.5, 0.6) is 11.5 Å². The van der Waals surface area contributed by atoms with E-state index in [1.54, 1.807) is 0 Å². The summed E-state index contributed by atoms with van der Waals surface area (Å²) in [7, 11) is 0. The number of para-hydroxylation sites is 1. The predicted molar refractivity (Wildman–Crippen MR) is 229 cm³/mol. The third-order valence-electron chi connectivity index (χ3n) is 16.2. The van der Waals surface area contributed by atoms with Gasteiger partial charge in [-0.1, -0.05) is 137 Å². The molecule has 5 aliphatic carbocycles. The molecule has 2 nitrogen and oxygen atoms in total. The number of benzene rings is 6. The van der Waals surface area contributed by atoms with Crippen LogP contribution in [0.4, 0.5) is 17.1 Å². The normalized spacial score (nSPS) is 28.9. The van der Waals surface area contributed by atoms with E-state index in [-0.39, 0.29) is 16.2 Å². The molecule has 0 radical (unpaired) electrons. The monoisotopic (exact) mass is 729 g/mol. The standard InChI is InChI=1S/C54H51NO/c1-51(2)27-28-52(3,4)49-43(51)18-12-20-45(49)55(39-23-21-36(22-24-39)35-13-7-5-8-14-35)40-25-26-42-46(32-40)56-50-41(37-15-9-6-10-16-37)17-11-19-44(50)54(42)47-30-34-29-38-31-48(54)53(38,47)33-34/h5-26,32,34,38,47-48H,27-31,33H2,1-4H3. The Morgan fingerprint density at radius 1 is 0.554 bits per heavy atom. The summed E-state index contributed by atoms with van der Waals surface area (Å²) in [6, 6.07) is 52.4.